The molecule has 7 nitrogen and oxygen atoms in total. The van der Waals surface area contributed by atoms with Crippen LogP contribution < -0.4 is 11.1 Å². The lowest BCUT2D eigenvalue weighted by molar-refractivity contribution is -0.150. The predicted molar refractivity (Wildman–Crippen MR) is 146 cm³/mol. The van der Waals surface area contributed by atoms with E-state index >= 15 is 4.39 Å². The molecule has 5 atom stereocenters. The summed E-state index contributed by atoms with van der Waals surface area (Å²) in [6.45, 7) is -0.474. The third-order valence-corrected chi connectivity index (χ3v) is 8.52. The lowest BCUT2D eigenvalue weighted by Crippen LogP contribution is -2.43. The second-order valence-corrected chi connectivity index (χ2v) is 11.3. The van der Waals surface area contributed by atoms with Gasteiger partial charge >= 0.3 is 5.97 Å². The normalized spacial score (nSPS) is 26.1. The topological polar surface area (TPSA) is 125 Å². The van der Waals surface area contributed by atoms with Gasteiger partial charge in [-0.05, 0) is 41.7 Å². The number of nitriles is 1. The maximum Gasteiger partial charge on any atom is 0.323 e. The minimum atomic E-state index is -1.37. The number of carbonyl (C=O) groups is 2. The largest absolute Gasteiger partial charge is 0.462 e. The summed E-state index contributed by atoms with van der Waals surface area (Å²) in [5, 5.41) is 24.7. The zero-order chi connectivity index (χ0) is 28.2. The van der Waals surface area contributed by atoms with Gasteiger partial charge in [0, 0.05) is 17.0 Å². The summed E-state index contributed by atoms with van der Waals surface area (Å²) < 4.78 is 21.1. The summed E-state index contributed by atoms with van der Waals surface area (Å²) in [5.41, 5.74) is 4.47. The van der Waals surface area contributed by atoms with E-state index in [2.05, 4.69) is 11.4 Å². The van der Waals surface area contributed by atoms with Crippen molar-refractivity contribution in [1.29, 1.82) is 5.26 Å². The number of hydrogen-bond acceptors (Lipinski definition) is 6. The van der Waals surface area contributed by atoms with Crippen LogP contribution in [0.3, 0.4) is 0 Å². The SMILES string of the molecule is N#C[C@]1(c2ccc(Cl)cc2)[C@H](CC2CCCCC2)N[C@@H](C(=O)OC[C@@H](O)CC(N)=O)[C@@H]1c1cccc(Cl)c1F. The number of carbonyl (C=O) groups excluding carboxylic acids is 2. The first-order valence-electron chi connectivity index (χ1n) is 13.2. The highest BCUT2D eigenvalue weighted by Gasteiger charge is 2.60. The first kappa shape index (κ1) is 29.3. The molecule has 1 aliphatic carbocycles. The Hall–Kier alpha value is -2.70. The Kier molecular flexibility index (Phi) is 9.50. The summed E-state index contributed by atoms with van der Waals surface area (Å²) in [4.78, 5) is 24.7. The maximum absolute atomic E-state index is 15.7. The second kappa shape index (κ2) is 12.6. The molecule has 1 saturated carbocycles. The van der Waals surface area contributed by atoms with Crippen LogP contribution in [-0.2, 0) is 19.7 Å². The third kappa shape index (κ3) is 6.22. The van der Waals surface area contributed by atoms with Gasteiger partial charge in [0.05, 0.1) is 23.6 Å². The van der Waals surface area contributed by atoms with Crippen molar-refractivity contribution in [2.24, 2.45) is 11.7 Å². The molecule has 2 aliphatic rings. The number of nitrogens with one attached hydrogen (secondary N) is 1. The molecule has 0 radical (unpaired) electrons. The van der Waals surface area contributed by atoms with Gasteiger partial charge in [0.25, 0.3) is 0 Å². The molecule has 10 heteroatoms. The Morgan fingerprint density at radius 3 is 2.51 bits per heavy atom. The van der Waals surface area contributed by atoms with Crippen molar-refractivity contribution < 1.29 is 23.8 Å². The van der Waals surface area contributed by atoms with Crippen LogP contribution >= 0.6 is 23.2 Å². The number of aliphatic hydroxyl groups is 1. The first-order valence-corrected chi connectivity index (χ1v) is 13.9. The summed E-state index contributed by atoms with van der Waals surface area (Å²) in [6, 6.07) is 12.2. The van der Waals surface area contributed by atoms with E-state index in [0.717, 1.165) is 32.1 Å². The van der Waals surface area contributed by atoms with Crippen molar-refractivity contribution in [1.82, 2.24) is 5.32 Å². The fraction of sp³-hybridized carbons (Fsp3) is 0.483. The maximum atomic E-state index is 15.7. The number of primary amides is 1. The van der Waals surface area contributed by atoms with Crippen LogP contribution in [0.4, 0.5) is 4.39 Å². The highest BCUT2D eigenvalue weighted by molar-refractivity contribution is 6.31. The van der Waals surface area contributed by atoms with E-state index in [1.54, 1.807) is 30.3 Å². The minimum Gasteiger partial charge on any atom is -0.462 e. The lowest BCUT2D eigenvalue weighted by atomic mass is 9.63. The highest BCUT2D eigenvalue weighted by atomic mass is 35.5. The van der Waals surface area contributed by atoms with Crippen molar-refractivity contribution in [3.8, 4) is 6.07 Å². The summed E-state index contributed by atoms with van der Waals surface area (Å²) >= 11 is 12.4. The van der Waals surface area contributed by atoms with Crippen LogP contribution in [0.2, 0.25) is 10.0 Å². The number of ether oxygens (including phenoxy) is 1. The van der Waals surface area contributed by atoms with E-state index in [-0.39, 0.29) is 17.0 Å². The van der Waals surface area contributed by atoms with Crippen LogP contribution in [0.5, 0.6) is 0 Å². The number of amides is 1. The highest BCUT2D eigenvalue weighted by Crippen LogP contribution is 2.52. The van der Waals surface area contributed by atoms with Gasteiger partial charge in [-0.3, -0.25) is 14.9 Å². The monoisotopic (exact) mass is 575 g/mol. The predicted octanol–water partition coefficient (Wildman–Crippen LogP) is 4.77. The Labute approximate surface area is 237 Å². The second-order valence-electron chi connectivity index (χ2n) is 10.5. The Balaban J connectivity index is 1.81. The Bertz CT molecular complexity index is 1230. The molecule has 2 fully saturated rings. The number of nitrogens with zero attached hydrogens (tertiary/aromatic N) is 1. The molecule has 4 rings (SSSR count). The smallest absolute Gasteiger partial charge is 0.323 e. The van der Waals surface area contributed by atoms with Crippen LogP contribution in [-0.4, -0.2) is 41.8 Å². The summed E-state index contributed by atoms with van der Waals surface area (Å²) in [7, 11) is 0. The summed E-state index contributed by atoms with van der Waals surface area (Å²) in [5.74, 6) is -2.92. The number of rotatable bonds is 9. The molecule has 39 heavy (non-hydrogen) atoms. The number of halogens is 3. The molecule has 2 aromatic rings. The number of hydrogen-bond donors (Lipinski definition) is 3. The quantitative estimate of drug-likeness (QED) is 0.370. The molecule has 1 aliphatic heterocycles. The van der Waals surface area contributed by atoms with E-state index in [1.165, 1.54) is 12.1 Å². The van der Waals surface area contributed by atoms with Crippen molar-refractivity contribution in [2.75, 3.05) is 6.61 Å². The van der Waals surface area contributed by atoms with Crippen LogP contribution in [0.25, 0.3) is 0 Å². The van der Waals surface area contributed by atoms with E-state index in [9.17, 15) is 20.0 Å². The molecule has 4 N–H and O–H groups in total. The van der Waals surface area contributed by atoms with Crippen molar-refractivity contribution >= 4 is 35.1 Å². The molecule has 0 bridgehead atoms. The molecular weight excluding hydrogens is 544 g/mol. The van der Waals surface area contributed by atoms with Crippen molar-refractivity contribution in [3.05, 3.63) is 69.5 Å². The average molecular weight is 576 g/mol. The van der Waals surface area contributed by atoms with E-state index < -0.39 is 53.8 Å². The minimum absolute atomic E-state index is 0.109. The fourth-order valence-corrected chi connectivity index (χ4v) is 6.51. The molecular formula is C29H32Cl2FN3O4. The molecule has 0 unspecified atom stereocenters. The first-order chi connectivity index (χ1) is 18.7. The molecule has 1 saturated heterocycles. The van der Waals surface area contributed by atoms with Gasteiger partial charge in [0.15, 0.2) is 0 Å². The average Bonchev–Trinajstić information content (AvgIpc) is 3.24. The zero-order valence-corrected chi connectivity index (χ0v) is 22.9. The molecule has 0 spiro atoms. The fourth-order valence-electron chi connectivity index (χ4n) is 6.20. The van der Waals surface area contributed by atoms with E-state index in [1.807, 2.05) is 0 Å². The molecule has 208 valence electrons. The van der Waals surface area contributed by atoms with Gasteiger partial charge in [-0.2, -0.15) is 5.26 Å². The number of esters is 1. The summed E-state index contributed by atoms with van der Waals surface area (Å²) in [6.07, 6.45) is 4.28. The van der Waals surface area contributed by atoms with Gasteiger partial charge < -0.3 is 15.6 Å². The standard InChI is InChI=1S/C29H32Cl2FN3O4/c30-19-11-9-18(10-12-19)29(16-33)23(13-17-5-2-1-3-6-17)35-27(28(38)39-15-20(36)14-24(34)37)25(29)21-7-4-8-22(31)26(21)32/h4,7-12,17,20,23,25,27,35-36H,1-3,5-6,13-15H2,(H2,34,37)/t20-,23-,25-,27+,29-/m0/s1. The number of benzene rings is 2. The molecule has 0 aromatic heterocycles. The number of aliphatic hydroxyl groups excluding tert-OH is 1. The van der Waals surface area contributed by atoms with Gasteiger partial charge in [-0.15, -0.1) is 0 Å². The van der Waals surface area contributed by atoms with Gasteiger partial charge in [0.2, 0.25) is 5.91 Å². The van der Waals surface area contributed by atoms with E-state index in [0.29, 0.717) is 22.9 Å². The molecule has 1 amide bonds. The number of nitrogens with two attached hydrogens (primary N) is 1. The zero-order valence-electron chi connectivity index (χ0n) is 21.4. The van der Waals surface area contributed by atoms with E-state index in [4.69, 9.17) is 33.7 Å². The van der Waals surface area contributed by atoms with Crippen LogP contribution in [0.1, 0.15) is 62.0 Å². The lowest BCUT2D eigenvalue weighted by Gasteiger charge is -2.37. The van der Waals surface area contributed by atoms with Gasteiger partial charge in [0.1, 0.15) is 23.9 Å². The van der Waals surface area contributed by atoms with Crippen LogP contribution in [0, 0.1) is 23.1 Å². The Morgan fingerprint density at radius 1 is 1.18 bits per heavy atom. The van der Waals surface area contributed by atoms with Crippen molar-refractivity contribution in [3.63, 3.8) is 0 Å². The third-order valence-electron chi connectivity index (χ3n) is 7.98. The van der Waals surface area contributed by atoms with Crippen LogP contribution in [0.15, 0.2) is 42.5 Å². The van der Waals surface area contributed by atoms with Crippen molar-refractivity contribution in [2.45, 2.75) is 74.5 Å². The molecule has 2 aromatic carbocycles. The van der Waals surface area contributed by atoms with Gasteiger partial charge in [-0.25, -0.2) is 4.39 Å². The molecule has 1 heterocycles. The van der Waals surface area contributed by atoms with Gasteiger partial charge in [-0.1, -0.05) is 79.6 Å². The Morgan fingerprint density at radius 2 is 1.87 bits per heavy atom.